The number of allylic oxidation sites excluding steroid dienone is 1. The van der Waals surface area contributed by atoms with Gasteiger partial charge in [-0.05, 0) is 36.8 Å². The summed E-state index contributed by atoms with van der Waals surface area (Å²) in [7, 11) is 3.37. The third-order valence-electron chi connectivity index (χ3n) is 3.70. The van der Waals surface area contributed by atoms with Crippen molar-refractivity contribution in [3.8, 4) is 0 Å². The molecule has 0 amide bonds. The van der Waals surface area contributed by atoms with Crippen molar-refractivity contribution in [1.29, 1.82) is 0 Å². The lowest BCUT2D eigenvalue weighted by atomic mass is 9.95. The van der Waals surface area contributed by atoms with Crippen LogP contribution >= 0.6 is 23.8 Å². The summed E-state index contributed by atoms with van der Waals surface area (Å²) < 4.78 is 10.2. The van der Waals surface area contributed by atoms with Crippen LogP contribution < -0.4 is 5.32 Å². The second-order valence-corrected chi connectivity index (χ2v) is 5.94. The van der Waals surface area contributed by atoms with Crippen LogP contribution in [0.2, 0.25) is 5.02 Å². The van der Waals surface area contributed by atoms with Crippen molar-refractivity contribution in [3.05, 3.63) is 46.1 Å². The van der Waals surface area contributed by atoms with Crippen molar-refractivity contribution in [1.82, 2.24) is 10.2 Å². The van der Waals surface area contributed by atoms with Gasteiger partial charge in [-0.3, -0.25) is 0 Å². The van der Waals surface area contributed by atoms with Gasteiger partial charge in [0.25, 0.3) is 0 Å². The summed E-state index contributed by atoms with van der Waals surface area (Å²) >= 11 is 11.3. The van der Waals surface area contributed by atoms with Crippen molar-refractivity contribution >= 4 is 34.9 Å². The zero-order valence-corrected chi connectivity index (χ0v) is 14.8. The number of esters is 1. The van der Waals surface area contributed by atoms with E-state index in [4.69, 9.17) is 33.3 Å². The van der Waals surface area contributed by atoms with Crippen LogP contribution in [0.4, 0.5) is 0 Å². The Morgan fingerprint density at radius 2 is 2.00 bits per heavy atom. The maximum Gasteiger partial charge on any atom is 0.338 e. The molecule has 0 bridgehead atoms. The monoisotopic (exact) mass is 354 g/mol. The highest BCUT2D eigenvalue weighted by Gasteiger charge is 2.33. The molecule has 1 aromatic rings. The van der Waals surface area contributed by atoms with Gasteiger partial charge in [-0.25, -0.2) is 4.79 Å². The summed E-state index contributed by atoms with van der Waals surface area (Å²) in [6, 6.07) is 6.92. The number of methoxy groups -OCH3 is 1. The molecule has 0 saturated heterocycles. The van der Waals surface area contributed by atoms with E-state index in [1.807, 2.05) is 26.1 Å². The second-order valence-electron chi connectivity index (χ2n) is 5.12. The minimum atomic E-state index is -0.388. The number of rotatable bonds is 5. The first kappa shape index (κ1) is 17.7. The topological polar surface area (TPSA) is 50.8 Å². The highest BCUT2D eigenvalue weighted by atomic mass is 35.5. The van der Waals surface area contributed by atoms with Crippen LogP contribution in [0.1, 0.15) is 18.5 Å². The highest BCUT2D eigenvalue weighted by molar-refractivity contribution is 7.80. The summed E-state index contributed by atoms with van der Waals surface area (Å²) in [6.07, 6.45) is 0. The molecule has 1 aromatic carbocycles. The Morgan fingerprint density at radius 3 is 2.61 bits per heavy atom. The molecule has 1 aliphatic heterocycles. The third kappa shape index (κ3) is 4.02. The van der Waals surface area contributed by atoms with E-state index in [1.54, 1.807) is 24.1 Å². The molecule has 23 heavy (non-hydrogen) atoms. The van der Waals surface area contributed by atoms with E-state index in [1.165, 1.54) is 0 Å². The minimum absolute atomic E-state index is 0.202. The van der Waals surface area contributed by atoms with Gasteiger partial charge in [0.15, 0.2) is 5.11 Å². The van der Waals surface area contributed by atoms with E-state index in [-0.39, 0.29) is 18.6 Å². The van der Waals surface area contributed by atoms with E-state index >= 15 is 0 Å². The van der Waals surface area contributed by atoms with Gasteiger partial charge in [-0.2, -0.15) is 0 Å². The SMILES string of the molecule is COCCOC(=O)C1=C(C)N(C)C(=S)NC1c1ccc(Cl)cc1. The summed E-state index contributed by atoms with van der Waals surface area (Å²) in [6.45, 7) is 2.40. The molecule has 2 rings (SSSR count). The zero-order chi connectivity index (χ0) is 17.0. The van der Waals surface area contributed by atoms with E-state index < -0.39 is 0 Å². The van der Waals surface area contributed by atoms with E-state index in [9.17, 15) is 4.79 Å². The molecule has 0 aliphatic carbocycles. The van der Waals surface area contributed by atoms with Crippen LogP contribution in [0.5, 0.6) is 0 Å². The molecule has 0 spiro atoms. The third-order valence-corrected chi connectivity index (χ3v) is 4.34. The molecule has 0 saturated carbocycles. The van der Waals surface area contributed by atoms with E-state index in [0.717, 1.165) is 11.3 Å². The van der Waals surface area contributed by atoms with Crippen molar-refractivity contribution in [2.45, 2.75) is 13.0 Å². The molecule has 1 atom stereocenters. The number of nitrogens with one attached hydrogen (secondary N) is 1. The van der Waals surface area contributed by atoms with Gasteiger partial charge in [-0.1, -0.05) is 23.7 Å². The number of benzene rings is 1. The Hall–Kier alpha value is -1.63. The smallest absolute Gasteiger partial charge is 0.338 e. The van der Waals surface area contributed by atoms with Crippen molar-refractivity contribution in [3.63, 3.8) is 0 Å². The number of hydrogen-bond acceptors (Lipinski definition) is 4. The highest BCUT2D eigenvalue weighted by Crippen LogP contribution is 2.31. The summed E-state index contributed by atoms with van der Waals surface area (Å²) in [5, 5.41) is 4.36. The molecule has 124 valence electrons. The fraction of sp³-hybridized carbons (Fsp3) is 0.375. The Bertz CT molecular complexity index is 631. The quantitative estimate of drug-likeness (QED) is 0.498. The molecule has 1 aliphatic rings. The molecule has 1 heterocycles. The number of carbonyl (C=O) groups is 1. The molecule has 0 fully saturated rings. The fourth-order valence-electron chi connectivity index (χ4n) is 2.30. The van der Waals surface area contributed by atoms with Crippen LogP contribution in [0.3, 0.4) is 0 Å². The first-order valence-electron chi connectivity index (χ1n) is 7.12. The first-order valence-corrected chi connectivity index (χ1v) is 7.90. The predicted octanol–water partition coefficient (Wildman–Crippen LogP) is 2.66. The van der Waals surface area contributed by atoms with Crippen LogP contribution in [-0.4, -0.2) is 43.4 Å². The van der Waals surface area contributed by atoms with Crippen molar-refractivity contribution < 1.29 is 14.3 Å². The summed E-state index contributed by atoms with van der Waals surface area (Å²) in [4.78, 5) is 14.3. The van der Waals surface area contributed by atoms with Crippen molar-refractivity contribution in [2.75, 3.05) is 27.4 Å². The second kappa shape index (κ2) is 7.77. The normalized spacial score (nSPS) is 18.0. The summed E-state index contributed by atoms with van der Waals surface area (Å²) in [5.41, 5.74) is 2.18. The van der Waals surface area contributed by atoms with Gasteiger partial charge in [0.1, 0.15) is 6.61 Å². The molecule has 0 radical (unpaired) electrons. The lowest BCUT2D eigenvalue weighted by Gasteiger charge is -2.35. The Balaban J connectivity index is 2.35. The lowest BCUT2D eigenvalue weighted by Crippen LogP contribution is -2.46. The number of nitrogens with zero attached hydrogens (tertiary/aromatic N) is 1. The average Bonchev–Trinajstić information content (AvgIpc) is 2.53. The van der Waals surface area contributed by atoms with Crippen molar-refractivity contribution in [2.24, 2.45) is 0 Å². The average molecular weight is 355 g/mol. The number of halogens is 1. The van der Waals surface area contributed by atoms with Gasteiger partial charge >= 0.3 is 5.97 Å². The number of carbonyl (C=O) groups excluding carboxylic acids is 1. The van der Waals surface area contributed by atoms with Crippen LogP contribution in [0.15, 0.2) is 35.5 Å². The fourth-order valence-corrected chi connectivity index (χ4v) is 2.68. The van der Waals surface area contributed by atoms with Gasteiger partial charge in [0.05, 0.1) is 18.2 Å². The summed E-state index contributed by atoms with van der Waals surface area (Å²) in [5.74, 6) is -0.388. The molecular formula is C16H19ClN2O3S. The van der Waals surface area contributed by atoms with Gasteiger partial charge < -0.3 is 19.7 Å². The molecule has 1 unspecified atom stereocenters. The number of hydrogen-bond donors (Lipinski definition) is 1. The van der Waals surface area contributed by atoms with E-state index in [0.29, 0.717) is 22.3 Å². The predicted molar refractivity (Wildman–Crippen MR) is 93.2 cm³/mol. The van der Waals surface area contributed by atoms with Crippen LogP contribution in [0.25, 0.3) is 0 Å². The maximum atomic E-state index is 12.5. The molecule has 0 aromatic heterocycles. The first-order chi connectivity index (χ1) is 11.0. The Kier molecular flexibility index (Phi) is 5.98. The maximum absolute atomic E-state index is 12.5. The van der Waals surface area contributed by atoms with Gasteiger partial charge in [-0.15, -0.1) is 0 Å². The van der Waals surface area contributed by atoms with Crippen LogP contribution in [0, 0.1) is 0 Å². The molecule has 5 nitrogen and oxygen atoms in total. The molecule has 7 heteroatoms. The van der Waals surface area contributed by atoms with E-state index in [2.05, 4.69) is 5.32 Å². The molecular weight excluding hydrogens is 336 g/mol. The van der Waals surface area contributed by atoms with Gasteiger partial charge in [0.2, 0.25) is 0 Å². The minimum Gasteiger partial charge on any atom is -0.460 e. The Labute approximate surface area is 146 Å². The standard InChI is InChI=1S/C16H19ClN2O3S/c1-10-13(15(20)22-9-8-21-3)14(18-16(23)19(10)2)11-4-6-12(17)7-5-11/h4-7,14H,8-9H2,1-3H3,(H,18,23). The van der Waals surface area contributed by atoms with Gasteiger partial charge in [0, 0.05) is 24.9 Å². The van der Waals surface area contributed by atoms with Crippen LogP contribution in [-0.2, 0) is 14.3 Å². The lowest BCUT2D eigenvalue weighted by molar-refractivity contribution is -0.140. The number of ether oxygens (including phenoxy) is 2. The zero-order valence-electron chi connectivity index (χ0n) is 13.3. The largest absolute Gasteiger partial charge is 0.460 e. The molecule has 1 N–H and O–H groups in total. The number of thiocarbonyl (C=S) groups is 1. The Morgan fingerprint density at radius 1 is 1.35 bits per heavy atom.